The van der Waals surface area contributed by atoms with E-state index >= 15 is 0 Å². The van der Waals surface area contributed by atoms with Gasteiger partial charge in [-0.1, -0.05) is 0 Å². The Labute approximate surface area is 174 Å². The van der Waals surface area contributed by atoms with Crippen molar-refractivity contribution >= 4 is 38.9 Å². The highest BCUT2D eigenvalue weighted by Crippen LogP contribution is 2.25. The van der Waals surface area contributed by atoms with Gasteiger partial charge in [0.25, 0.3) is 0 Å². The van der Waals surface area contributed by atoms with Gasteiger partial charge in [0.2, 0.25) is 15.9 Å². The lowest BCUT2D eigenvalue weighted by Gasteiger charge is -2.30. The molecule has 156 valence electrons. The maximum atomic E-state index is 12.9. The van der Waals surface area contributed by atoms with Crippen LogP contribution in [0.25, 0.3) is 0 Å². The van der Waals surface area contributed by atoms with Crippen LogP contribution in [0, 0.1) is 5.92 Å². The molecule has 0 radical (unpaired) electrons. The Bertz CT molecular complexity index is 940. The molecule has 2 aromatic rings. The number of ether oxygens (including phenoxy) is 1. The molecule has 0 spiro atoms. The van der Waals surface area contributed by atoms with Gasteiger partial charge in [0.15, 0.2) is 0 Å². The van der Waals surface area contributed by atoms with Crippen molar-refractivity contribution in [3.05, 3.63) is 46.7 Å². The maximum absolute atomic E-state index is 12.9. The number of rotatable bonds is 7. The van der Waals surface area contributed by atoms with Gasteiger partial charge in [-0.05, 0) is 65.9 Å². The first kappa shape index (κ1) is 21.5. The van der Waals surface area contributed by atoms with Gasteiger partial charge >= 0.3 is 5.97 Å². The summed E-state index contributed by atoms with van der Waals surface area (Å²) in [6.45, 7) is 0.493. The van der Waals surface area contributed by atoms with Crippen LogP contribution in [-0.2, 0) is 30.8 Å². The fraction of sp³-hybridized carbons (Fsp3) is 0.400. The third kappa shape index (κ3) is 5.43. The number of sulfonamides is 1. The van der Waals surface area contributed by atoms with Gasteiger partial charge in [-0.25, -0.2) is 8.42 Å². The summed E-state index contributed by atoms with van der Waals surface area (Å²) in [5.41, 5.74) is 1.67. The number of nitrogens with zero attached hydrogens (tertiary/aromatic N) is 1. The summed E-state index contributed by atoms with van der Waals surface area (Å²) in [5.74, 6) is -0.945. The number of thiophene rings is 1. The van der Waals surface area contributed by atoms with Gasteiger partial charge in [0, 0.05) is 25.2 Å². The number of amides is 1. The molecule has 1 fully saturated rings. The monoisotopic (exact) mass is 436 g/mol. The van der Waals surface area contributed by atoms with E-state index in [9.17, 15) is 18.0 Å². The largest absolute Gasteiger partial charge is 0.469 e. The van der Waals surface area contributed by atoms with Crippen LogP contribution in [0.5, 0.6) is 0 Å². The van der Waals surface area contributed by atoms with Crippen LogP contribution in [-0.4, -0.2) is 44.8 Å². The molecule has 1 N–H and O–H groups in total. The van der Waals surface area contributed by atoms with Crippen molar-refractivity contribution < 1.29 is 22.7 Å². The molecule has 0 bridgehead atoms. The van der Waals surface area contributed by atoms with Gasteiger partial charge < -0.3 is 10.1 Å². The molecule has 3 rings (SSSR count). The van der Waals surface area contributed by atoms with Gasteiger partial charge in [0.1, 0.15) is 0 Å². The van der Waals surface area contributed by atoms with Crippen LogP contribution in [0.1, 0.15) is 24.8 Å². The number of nitrogens with one attached hydrogen (secondary N) is 1. The summed E-state index contributed by atoms with van der Waals surface area (Å²) in [5, 5.41) is 6.77. The summed E-state index contributed by atoms with van der Waals surface area (Å²) in [4.78, 5) is 24.0. The number of carbonyl (C=O) groups is 2. The lowest BCUT2D eigenvalue weighted by molar-refractivity contribution is -0.146. The Hall–Kier alpha value is -2.23. The van der Waals surface area contributed by atoms with Crippen molar-refractivity contribution in [2.75, 3.05) is 25.5 Å². The molecule has 0 aliphatic carbocycles. The zero-order valence-corrected chi connectivity index (χ0v) is 17.8. The number of hydrogen-bond acceptors (Lipinski definition) is 6. The zero-order valence-electron chi connectivity index (χ0n) is 16.2. The Morgan fingerprint density at radius 3 is 2.66 bits per heavy atom. The smallest absolute Gasteiger partial charge is 0.309 e. The molecule has 1 amide bonds. The minimum Gasteiger partial charge on any atom is -0.469 e. The Morgan fingerprint density at radius 2 is 2.00 bits per heavy atom. The first-order chi connectivity index (χ1) is 13.9. The van der Waals surface area contributed by atoms with Crippen molar-refractivity contribution in [1.82, 2.24) is 4.31 Å². The van der Waals surface area contributed by atoms with E-state index in [2.05, 4.69) is 5.32 Å². The molecule has 1 aliphatic heterocycles. The highest BCUT2D eigenvalue weighted by atomic mass is 32.2. The number of esters is 1. The lowest BCUT2D eigenvalue weighted by Crippen LogP contribution is -2.42. The molecular formula is C20H24N2O5S2. The number of carbonyl (C=O) groups excluding carboxylic acids is 2. The minimum absolute atomic E-state index is 0.121. The average Bonchev–Trinajstić information content (AvgIpc) is 3.26. The van der Waals surface area contributed by atoms with E-state index in [1.165, 1.54) is 23.5 Å². The van der Waals surface area contributed by atoms with Gasteiger partial charge in [-0.15, -0.1) is 0 Å². The van der Waals surface area contributed by atoms with Gasteiger partial charge in [-0.2, -0.15) is 15.6 Å². The second-order valence-corrected chi connectivity index (χ2v) is 9.65. The zero-order chi connectivity index (χ0) is 20.9. The van der Waals surface area contributed by atoms with E-state index in [1.54, 1.807) is 23.5 Å². The molecule has 1 saturated heterocycles. The van der Waals surface area contributed by atoms with E-state index in [0.29, 0.717) is 37.9 Å². The van der Waals surface area contributed by atoms with Crippen LogP contribution >= 0.6 is 11.3 Å². The fourth-order valence-corrected chi connectivity index (χ4v) is 5.52. The molecule has 1 aromatic heterocycles. The van der Waals surface area contributed by atoms with Crippen LogP contribution in [0.3, 0.4) is 0 Å². The van der Waals surface area contributed by atoms with Crippen molar-refractivity contribution in [1.29, 1.82) is 0 Å². The second kappa shape index (κ2) is 9.51. The normalized spacial score (nSPS) is 17.6. The van der Waals surface area contributed by atoms with Crippen molar-refractivity contribution in [3.8, 4) is 0 Å². The number of methoxy groups -OCH3 is 1. The first-order valence-corrected chi connectivity index (χ1v) is 11.8. The SMILES string of the molecule is COC(=O)[C@@H]1CCCN(S(=O)(=O)c2ccc(NC(=O)CCc3ccsc3)cc2)C1. The molecule has 1 atom stereocenters. The van der Waals surface area contributed by atoms with E-state index < -0.39 is 15.9 Å². The molecule has 9 heteroatoms. The third-order valence-corrected chi connectivity index (χ3v) is 7.53. The molecule has 7 nitrogen and oxygen atoms in total. The first-order valence-electron chi connectivity index (χ1n) is 9.39. The molecule has 29 heavy (non-hydrogen) atoms. The summed E-state index contributed by atoms with van der Waals surface area (Å²) in [6.07, 6.45) is 2.25. The maximum Gasteiger partial charge on any atom is 0.309 e. The van der Waals surface area contributed by atoms with Crippen LogP contribution < -0.4 is 5.32 Å². The lowest BCUT2D eigenvalue weighted by atomic mass is 10.0. The molecule has 0 unspecified atom stereocenters. The number of anilines is 1. The van der Waals surface area contributed by atoms with E-state index in [1.807, 2.05) is 16.8 Å². The minimum atomic E-state index is -3.71. The summed E-state index contributed by atoms with van der Waals surface area (Å²) >= 11 is 1.60. The van der Waals surface area contributed by atoms with E-state index in [4.69, 9.17) is 4.74 Å². The standard InChI is InChI=1S/C20H24N2O5S2/c1-27-20(24)16-3-2-11-22(13-16)29(25,26)18-7-5-17(6-8-18)21-19(23)9-4-15-10-12-28-14-15/h5-8,10,12,14,16H,2-4,9,11,13H2,1H3,(H,21,23)/t16-/m1/s1. The number of piperidine rings is 1. The topological polar surface area (TPSA) is 92.8 Å². The molecule has 1 aliphatic rings. The van der Waals surface area contributed by atoms with Gasteiger partial charge in [0.05, 0.1) is 17.9 Å². The fourth-order valence-electron chi connectivity index (χ4n) is 3.30. The summed E-state index contributed by atoms with van der Waals surface area (Å²) in [6, 6.07) is 8.11. The van der Waals surface area contributed by atoms with E-state index in [-0.39, 0.29) is 23.3 Å². The Morgan fingerprint density at radius 1 is 1.24 bits per heavy atom. The molecule has 0 saturated carbocycles. The molecule has 1 aromatic carbocycles. The predicted molar refractivity (Wildman–Crippen MR) is 111 cm³/mol. The predicted octanol–water partition coefficient (Wildman–Crippen LogP) is 2.89. The number of aryl methyl sites for hydroxylation is 1. The number of benzene rings is 1. The third-order valence-electron chi connectivity index (χ3n) is 4.92. The highest BCUT2D eigenvalue weighted by molar-refractivity contribution is 7.89. The van der Waals surface area contributed by atoms with Crippen molar-refractivity contribution in [2.45, 2.75) is 30.6 Å². The van der Waals surface area contributed by atoms with Crippen molar-refractivity contribution in [3.63, 3.8) is 0 Å². The summed E-state index contributed by atoms with van der Waals surface area (Å²) < 4.78 is 31.9. The highest BCUT2D eigenvalue weighted by Gasteiger charge is 2.33. The number of hydrogen-bond donors (Lipinski definition) is 1. The van der Waals surface area contributed by atoms with Gasteiger partial charge in [-0.3, -0.25) is 9.59 Å². The van der Waals surface area contributed by atoms with Crippen LogP contribution in [0.2, 0.25) is 0 Å². The van der Waals surface area contributed by atoms with Crippen molar-refractivity contribution in [2.24, 2.45) is 5.92 Å². The Balaban J connectivity index is 1.61. The Kier molecular flexibility index (Phi) is 7.05. The van der Waals surface area contributed by atoms with Crippen LogP contribution in [0.4, 0.5) is 5.69 Å². The summed E-state index contributed by atoms with van der Waals surface area (Å²) in [7, 11) is -2.40. The molecular weight excluding hydrogens is 412 g/mol. The molecule has 2 heterocycles. The van der Waals surface area contributed by atoms with Crippen LogP contribution in [0.15, 0.2) is 46.0 Å². The average molecular weight is 437 g/mol. The second-order valence-electron chi connectivity index (χ2n) is 6.93. The quantitative estimate of drug-likeness (QED) is 0.674. The van der Waals surface area contributed by atoms with E-state index in [0.717, 1.165) is 5.56 Å².